The molecule has 2 aromatic carbocycles. The van der Waals surface area contributed by atoms with Crippen LogP contribution in [0.5, 0.6) is 5.75 Å². The zero-order valence-corrected chi connectivity index (χ0v) is 15.2. The Morgan fingerprint density at radius 3 is 2.54 bits per heavy atom. The summed E-state index contributed by atoms with van der Waals surface area (Å²) >= 11 is 0. The summed E-state index contributed by atoms with van der Waals surface area (Å²) in [6.45, 7) is 2.28. The van der Waals surface area contributed by atoms with Gasteiger partial charge in [-0.1, -0.05) is 24.3 Å². The van der Waals surface area contributed by atoms with Gasteiger partial charge in [-0.2, -0.15) is 0 Å². The summed E-state index contributed by atoms with van der Waals surface area (Å²) in [7, 11) is 0. The second-order valence-electron chi connectivity index (χ2n) is 7.46. The fraction of sp³-hybridized carbons (Fsp3) is 0.174. The number of para-hydroxylation sites is 1. The Balaban J connectivity index is 1.49. The van der Waals surface area contributed by atoms with Crippen LogP contribution >= 0.6 is 0 Å². The summed E-state index contributed by atoms with van der Waals surface area (Å²) in [6, 6.07) is 18.9. The van der Waals surface area contributed by atoms with Crippen molar-refractivity contribution in [1.82, 2.24) is 15.0 Å². The van der Waals surface area contributed by atoms with E-state index in [1.54, 1.807) is 12.4 Å². The van der Waals surface area contributed by atoms with Crippen molar-refractivity contribution in [1.29, 1.82) is 0 Å². The highest BCUT2D eigenvalue weighted by Gasteiger charge is 2.49. The average Bonchev–Trinajstić information content (AvgIpc) is 3.26. The molecule has 28 heavy (non-hydrogen) atoms. The lowest BCUT2D eigenvalue weighted by Crippen LogP contribution is -2.36. The Labute approximate surface area is 162 Å². The molecule has 2 aromatic heterocycles. The van der Waals surface area contributed by atoms with Crippen molar-refractivity contribution in [3.8, 4) is 5.75 Å². The fourth-order valence-corrected chi connectivity index (χ4v) is 4.60. The SMILES string of the molecule is c1ccc(CN2CC3(COc4cc5nccnc5cc43)c3ccccc32)nc1. The monoisotopic (exact) mass is 366 g/mol. The largest absolute Gasteiger partial charge is 0.492 e. The molecule has 0 radical (unpaired) electrons. The first-order valence-corrected chi connectivity index (χ1v) is 9.46. The molecular weight excluding hydrogens is 348 g/mol. The van der Waals surface area contributed by atoms with Crippen LogP contribution in [0, 0.1) is 0 Å². The van der Waals surface area contributed by atoms with E-state index in [1.807, 2.05) is 24.4 Å². The number of nitrogens with zero attached hydrogens (tertiary/aromatic N) is 4. The van der Waals surface area contributed by atoms with E-state index in [0.717, 1.165) is 35.6 Å². The Bertz CT molecular complexity index is 1190. The zero-order valence-electron chi connectivity index (χ0n) is 15.2. The third-order valence-electron chi connectivity index (χ3n) is 5.86. The van der Waals surface area contributed by atoms with E-state index in [9.17, 15) is 0 Å². The molecule has 0 fully saturated rings. The Morgan fingerprint density at radius 2 is 1.68 bits per heavy atom. The first-order chi connectivity index (χ1) is 13.8. The Kier molecular flexibility index (Phi) is 3.20. The van der Waals surface area contributed by atoms with Gasteiger partial charge in [-0.25, -0.2) is 0 Å². The molecule has 4 aromatic rings. The van der Waals surface area contributed by atoms with Crippen molar-refractivity contribution in [3.63, 3.8) is 0 Å². The first-order valence-electron chi connectivity index (χ1n) is 9.46. The van der Waals surface area contributed by atoms with E-state index < -0.39 is 0 Å². The second kappa shape index (κ2) is 5.76. The molecule has 5 heteroatoms. The molecular formula is C23H18N4O. The van der Waals surface area contributed by atoms with E-state index in [2.05, 4.69) is 56.3 Å². The van der Waals surface area contributed by atoms with E-state index in [4.69, 9.17) is 4.74 Å². The summed E-state index contributed by atoms with van der Waals surface area (Å²) in [5.41, 5.74) is 6.43. The number of anilines is 1. The minimum absolute atomic E-state index is 0.188. The molecule has 1 spiro atoms. The normalized spacial score (nSPS) is 19.6. The lowest BCUT2D eigenvalue weighted by atomic mass is 9.77. The summed E-state index contributed by atoms with van der Waals surface area (Å²) in [5.74, 6) is 0.919. The Morgan fingerprint density at radius 1 is 0.857 bits per heavy atom. The molecule has 0 amide bonds. The third kappa shape index (κ3) is 2.16. The van der Waals surface area contributed by atoms with Crippen molar-refractivity contribution in [2.75, 3.05) is 18.1 Å². The molecule has 136 valence electrons. The summed E-state index contributed by atoms with van der Waals surface area (Å²) in [5, 5.41) is 0. The number of ether oxygens (including phenoxy) is 1. The van der Waals surface area contributed by atoms with Crippen molar-refractivity contribution in [3.05, 3.63) is 90.0 Å². The minimum atomic E-state index is -0.188. The topological polar surface area (TPSA) is 51.1 Å². The van der Waals surface area contributed by atoms with Gasteiger partial charge in [0.1, 0.15) is 12.4 Å². The van der Waals surface area contributed by atoms with Gasteiger partial charge in [-0.3, -0.25) is 15.0 Å². The molecule has 4 heterocycles. The quantitative estimate of drug-likeness (QED) is 0.541. The van der Waals surface area contributed by atoms with Crippen LogP contribution in [-0.2, 0) is 12.0 Å². The maximum absolute atomic E-state index is 6.19. The van der Waals surface area contributed by atoms with E-state index in [1.165, 1.54) is 16.8 Å². The van der Waals surface area contributed by atoms with Crippen molar-refractivity contribution in [2.45, 2.75) is 12.0 Å². The van der Waals surface area contributed by atoms with Crippen LogP contribution in [0.25, 0.3) is 11.0 Å². The van der Waals surface area contributed by atoms with E-state index in [-0.39, 0.29) is 5.41 Å². The van der Waals surface area contributed by atoms with Crippen LogP contribution in [0.2, 0.25) is 0 Å². The number of rotatable bonds is 2. The highest BCUT2D eigenvalue weighted by atomic mass is 16.5. The molecule has 2 aliphatic heterocycles. The lowest BCUT2D eigenvalue weighted by molar-refractivity contribution is 0.299. The Hall–Kier alpha value is -3.47. The highest BCUT2D eigenvalue weighted by Crippen LogP contribution is 2.52. The van der Waals surface area contributed by atoms with Gasteiger partial charge in [0.05, 0.1) is 28.7 Å². The van der Waals surface area contributed by atoms with E-state index >= 15 is 0 Å². The fourth-order valence-electron chi connectivity index (χ4n) is 4.60. The number of hydrogen-bond acceptors (Lipinski definition) is 5. The smallest absolute Gasteiger partial charge is 0.125 e. The third-order valence-corrected chi connectivity index (χ3v) is 5.86. The maximum atomic E-state index is 6.19. The summed E-state index contributed by atoms with van der Waals surface area (Å²) in [4.78, 5) is 15.9. The second-order valence-corrected chi connectivity index (χ2v) is 7.46. The van der Waals surface area contributed by atoms with Crippen LogP contribution in [-0.4, -0.2) is 28.1 Å². The number of benzene rings is 2. The molecule has 0 bridgehead atoms. The number of aromatic nitrogens is 3. The van der Waals surface area contributed by atoms with Gasteiger partial charge < -0.3 is 9.64 Å². The zero-order chi connectivity index (χ0) is 18.6. The van der Waals surface area contributed by atoms with Gasteiger partial charge in [0.25, 0.3) is 0 Å². The summed E-state index contributed by atoms with van der Waals surface area (Å²) in [6.07, 6.45) is 5.32. The van der Waals surface area contributed by atoms with Gasteiger partial charge in [-0.15, -0.1) is 0 Å². The number of fused-ring (bicyclic) bond motifs is 5. The van der Waals surface area contributed by atoms with E-state index in [0.29, 0.717) is 6.61 Å². The van der Waals surface area contributed by atoms with Gasteiger partial charge in [-0.05, 0) is 29.8 Å². The van der Waals surface area contributed by atoms with Gasteiger partial charge >= 0.3 is 0 Å². The maximum Gasteiger partial charge on any atom is 0.125 e. The van der Waals surface area contributed by atoms with Crippen molar-refractivity contribution < 1.29 is 4.74 Å². The molecule has 0 saturated carbocycles. The van der Waals surface area contributed by atoms with Crippen LogP contribution < -0.4 is 9.64 Å². The molecule has 0 N–H and O–H groups in total. The molecule has 6 rings (SSSR count). The van der Waals surface area contributed by atoms with Crippen LogP contribution in [0.4, 0.5) is 5.69 Å². The molecule has 1 unspecified atom stereocenters. The standard InChI is InChI=1S/C23H18N4O/c1-2-7-21-17(6-1)23(14-27(21)13-16-5-3-4-8-24-16)15-28-22-12-20-19(11-18(22)23)25-9-10-26-20/h1-12H,13-15H2. The predicted octanol–water partition coefficient (Wildman–Crippen LogP) is 3.72. The molecule has 1 atom stereocenters. The number of hydrogen-bond donors (Lipinski definition) is 0. The van der Waals surface area contributed by atoms with Crippen molar-refractivity contribution >= 4 is 16.7 Å². The van der Waals surface area contributed by atoms with Gasteiger partial charge in [0.15, 0.2) is 0 Å². The van der Waals surface area contributed by atoms with Crippen LogP contribution in [0.3, 0.4) is 0 Å². The highest BCUT2D eigenvalue weighted by molar-refractivity contribution is 5.80. The first kappa shape index (κ1) is 15.6. The minimum Gasteiger partial charge on any atom is -0.492 e. The molecule has 5 nitrogen and oxygen atoms in total. The van der Waals surface area contributed by atoms with Crippen LogP contribution in [0.15, 0.2) is 73.2 Å². The molecule has 0 saturated heterocycles. The number of pyridine rings is 1. The van der Waals surface area contributed by atoms with Gasteiger partial charge in [0, 0.05) is 42.5 Å². The predicted molar refractivity (Wildman–Crippen MR) is 108 cm³/mol. The van der Waals surface area contributed by atoms with Gasteiger partial charge in [0.2, 0.25) is 0 Å². The summed E-state index contributed by atoms with van der Waals surface area (Å²) < 4.78 is 6.19. The lowest BCUT2D eigenvalue weighted by Gasteiger charge is -2.25. The molecule has 0 aliphatic carbocycles. The van der Waals surface area contributed by atoms with Crippen LogP contribution in [0.1, 0.15) is 16.8 Å². The average molecular weight is 366 g/mol. The molecule has 2 aliphatic rings. The van der Waals surface area contributed by atoms with Crippen molar-refractivity contribution in [2.24, 2.45) is 0 Å².